The Morgan fingerprint density at radius 2 is 2.06 bits per heavy atom. The third kappa shape index (κ3) is 2.17. The first-order chi connectivity index (χ1) is 7.70. The second-order valence-corrected chi connectivity index (χ2v) is 4.03. The largest absolute Gasteiger partial charge is 0.384 e. The van der Waals surface area contributed by atoms with Crippen LogP contribution in [0.4, 0.5) is 5.82 Å². The third-order valence-corrected chi connectivity index (χ3v) is 2.70. The van der Waals surface area contributed by atoms with Gasteiger partial charge < -0.3 is 5.73 Å². The van der Waals surface area contributed by atoms with E-state index in [1.165, 1.54) is 0 Å². The molecule has 0 fully saturated rings. The van der Waals surface area contributed by atoms with Crippen molar-refractivity contribution in [3.05, 3.63) is 47.1 Å². The summed E-state index contributed by atoms with van der Waals surface area (Å²) in [4.78, 5) is 4.33. The van der Waals surface area contributed by atoms with Gasteiger partial charge in [0.05, 0.1) is 5.69 Å². The maximum atomic E-state index is 5.98. The molecule has 2 aromatic rings. The van der Waals surface area contributed by atoms with Crippen LogP contribution in [0, 0.1) is 0 Å². The van der Waals surface area contributed by atoms with Gasteiger partial charge in [-0.2, -0.15) is 0 Å². The van der Waals surface area contributed by atoms with Crippen molar-refractivity contribution in [3.8, 4) is 11.1 Å². The topological polar surface area (TPSA) is 38.9 Å². The maximum Gasteiger partial charge on any atom is 0.123 e. The van der Waals surface area contributed by atoms with E-state index in [9.17, 15) is 0 Å². The van der Waals surface area contributed by atoms with Gasteiger partial charge in [0.2, 0.25) is 0 Å². The van der Waals surface area contributed by atoms with E-state index >= 15 is 0 Å². The fourth-order valence-corrected chi connectivity index (χ4v) is 1.90. The smallest absolute Gasteiger partial charge is 0.123 e. The fraction of sp³-hybridized carbons (Fsp3) is 0.154. The summed E-state index contributed by atoms with van der Waals surface area (Å²) in [5, 5.41) is 0.733. The van der Waals surface area contributed by atoms with Crippen LogP contribution in [0.2, 0.25) is 5.02 Å². The summed E-state index contributed by atoms with van der Waals surface area (Å²) in [5.74, 6) is 0.558. The Balaban J connectivity index is 2.55. The first-order valence-electron chi connectivity index (χ1n) is 5.22. The lowest BCUT2D eigenvalue weighted by Gasteiger charge is -2.08. The molecule has 0 unspecified atom stereocenters. The summed E-state index contributed by atoms with van der Waals surface area (Å²) < 4.78 is 0. The van der Waals surface area contributed by atoms with E-state index in [2.05, 4.69) is 11.9 Å². The molecular formula is C13H13ClN2. The molecule has 0 atom stereocenters. The lowest BCUT2D eigenvalue weighted by molar-refractivity contribution is 1.04. The van der Waals surface area contributed by atoms with Crippen molar-refractivity contribution >= 4 is 17.4 Å². The van der Waals surface area contributed by atoms with Crippen molar-refractivity contribution in [3.63, 3.8) is 0 Å². The molecule has 1 aromatic heterocycles. The van der Waals surface area contributed by atoms with Crippen LogP contribution in [0.25, 0.3) is 11.1 Å². The minimum atomic E-state index is 0.558. The molecule has 0 saturated carbocycles. The normalized spacial score (nSPS) is 10.4. The van der Waals surface area contributed by atoms with E-state index in [1.807, 2.05) is 36.4 Å². The first-order valence-corrected chi connectivity index (χ1v) is 5.60. The molecular weight excluding hydrogens is 220 g/mol. The molecule has 0 aliphatic heterocycles. The highest BCUT2D eigenvalue weighted by molar-refractivity contribution is 6.30. The number of halogens is 1. The zero-order chi connectivity index (χ0) is 11.5. The molecule has 0 spiro atoms. The number of aryl methyl sites for hydroxylation is 1. The summed E-state index contributed by atoms with van der Waals surface area (Å²) in [6.07, 6.45) is 0.854. The number of pyridine rings is 1. The molecule has 0 bridgehead atoms. The predicted octanol–water partition coefficient (Wildman–Crippen LogP) is 3.55. The zero-order valence-electron chi connectivity index (χ0n) is 9.07. The summed E-state index contributed by atoms with van der Waals surface area (Å²) in [7, 11) is 0. The van der Waals surface area contributed by atoms with Crippen LogP contribution < -0.4 is 5.73 Å². The van der Waals surface area contributed by atoms with E-state index in [-0.39, 0.29) is 0 Å². The second-order valence-electron chi connectivity index (χ2n) is 3.59. The molecule has 0 amide bonds. The Labute approximate surface area is 100 Å². The highest BCUT2D eigenvalue weighted by atomic mass is 35.5. The molecule has 3 heteroatoms. The van der Waals surface area contributed by atoms with Crippen LogP contribution in [-0.2, 0) is 6.42 Å². The number of hydrogen-bond acceptors (Lipinski definition) is 2. The van der Waals surface area contributed by atoms with Gasteiger partial charge in [-0.1, -0.05) is 30.7 Å². The Kier molecular flexibility index (Phi) is 3.11. The number of nitrogens with zero attached hydrogens (tertiary/aromatic N) is 1. The molecule has 16 heavy (non-hydrogen) atoms. The van der Waals surface area contributed by atoms with Crippen molar-refractivity contribution in [1.82, 2.24) is 4.98 Å². The molecule has 1 aromatic carbocycles. The lowest BCUT2D eigenvalue weighted by Crippen LogP contribution is -1.97. The standard InChI is InChI=1S/C13H13ClN2/c1-2-12-11(6-7-13(15)16-12)9-4-3-5-10(14)8-9/h3-8H,2H2,1H3,(H2,15,16). The lowest BCUT2D eigenvalue weighted by atomic mass is 10.0. The minimum absolute atomic E-state index is 0.558. The van der Waals surface area contributed by atoms with Crippen molar-refractivity contribution in [2.75, 3.05) is 5.73 Å². The molecule has 2 N–H and O–H groups in total. The van der Waals surface area contributed by atoms with Crippen LogP contribution in [0.3, 0.4) is 0 Å². The number of benzene rings is 1. The number of rotatable bonds is 2. The van der Waals surface area contributed by atoms with Gasteiger partial charge in [0.25, 0.3) is 0 Å². The van der Waals surface area contributed by atoms with Gasteiger partial charge in [0.1, 0.15) is 5.82 Å². The monoisotopic (exact) mass is 232 g/mol. The van der Waals surface area contributed by atoms with Crippen LogP contribution in [0.15, 0.2) is 36.4 Å². The fourth-order valence-electron chi connectivity index (χ4n) is 1.71. The van der Waals surface area contributed by atoms with E-state index in [4.69, 9.17) is 17.3 Å². The van der Waals surface area contributed by atoms with Crippen LogP contribution in [0.5, 0.6) is 0 Å². The van der Waals surface area contributed by atoms with E-state index < -0.39 is 0 Å². The highest BCUT2D eigenvalue weighted by Crippen LogP contribution is 2.26. The molecule has 0 saturated heterocycles. The maximum absolute atomic E-state index is 5.98. The summed E-state index contributed by atoms with van der Waals surface area (Å²) >= 11 is 5.98. The van der Waals surface area contributed by atoms with Gasteiger partial charge in [-0.15, -0.1) is 0 Å². The van der Waals surface area contributed by atoms with Crippen molar-refractivity contribution in [2.45, 2.75) is 13.3 Å². The molecule has 82 valence electrons. The van der Waals surface area contributed by atoms with Crippen LogP contribution in [0.1, 0.15) is 12.6 Å². The number of anilines is 1. The molecule has 1 heterocycles. The van der Waals surface area contributed by atoms with Gasteiger partial charge in [-0.25, -0.2) is 4.98 Å². The Morgan fingerprint density at radius 1 is 1.25 bits per heavy atom. The Morgan fingerprint density at radius 3 is 2.75 bits per heavy atom. The van der Waals surface area contributed by atoms with Crippen LogP contribution >= 0.6 is 11.6 Å². The molecule has 0 aliphatic rings. The van der Waals surface area contributed by atoms with Crippen molar-refractivity contribution in [2.24, 2.45) is 0 Å². The van der Waals surface area contributed by atoms with E-state index in [0.717, 1.165) is 28.3 Å². The summed E-state index contributed by atoms with van der Waals surface area (Å²) in [6.45, 7) is 2.07. The predicted molar refractivity (Wildman–Crippen MR) is 68.5 cm³/mol. The van der Waals surface area contributed by atoms with Crippen LogP contribution in [-0.4, -0.2) is 4.98 Å². The molecule has 0 aliphatic carbocycles. The summed E-state index contributed by atoms with van der Waals surface area (Å²) in [6, 6.07) is 11.6. The number of nitrogens with two attached hydrogens (primary N) is 1. The van der Waals surface area contributed by atoms with Gasteiger partial charge in [-0.3, -0.25) is 0 Å². The third-order valence-electron chi connectivity index (χ3n) is 2.47. The SMILES string of the molecule is CCc1nc(N)ccc1-c1cccc(Cl)c1. The number of aromatic nitrogens is 1. The minimum Gasteiger partial charge on any atom is -0.384 e. The number of hydrogen-bond donors (Lipinski definition) is 1. The first kappa shape index (κ1) is 11.0. The van der Waals surface area contributed by atoms with Gasteiger partial charge in [0.15, 0.2) is 0 Å². The van der Waals surface area contributed by atoms with Gasteiger partial charge >= 0.3 is 0 Å². The van der Waals surface area contributed by atoms with E-state index in [0.29, 0.717) is 5.82 Å². The molecule has 2 rings (SSSR count). The zero-order valence-corrected chi connectivity index (χ0v) is 9.83. The highest BCUT2D eigenvalue weighted by Gasteiger charge is 2.05. The quantitative estimate of drug-likeness (QED) is 0.860. The summed E-state index contributed by atoms with van der Waals surface area (Å²) in [5.41, 5.74) is 8.85. The Bertz CT molecular complexity index is 509. The van der Waals surface area contributed by atoms with E-state index in [1.54, 1.807) is 0 Å². The van der Waals surface area contributed by atoms with Crippen molar-refractivity contribution < 1.29 is 0 Å². The Hall–Kier alpha value is -1.54. The van der Waals surface area contributed by atoms with Gasteiger partial charge in [0, 0.05) is 10.6 Å². The molecule has 2 nitrogen and oxygen atoms in total. The second kappa shape index (κ2) is 4.54. The molecule has 0 radical (unpaired) electrons. The van der Waals surface area contributed by atoms with Crippen molar-refractivity contribution in [1.29, 1.82) is 0 Å². The average Bonchev–Trinajstić information content (AvgIpc) is 2.28. The number of nitrogen functional groups attached to an aromatic ring is 1. The average molecular weight is 233 g/mol. The van der Waals surface area contributed by atoms with Gasteiger partial charge in [-0.05, 0) is 36.2 Å².